The lowest BCUT2D eigenvalue weighted by atomic mass is 10.1. The van der Waals surface area contributed by atoms with Crippen molar-refractivity contribution in [1.82, 2.24) is 9.47 Å². The minimum absolute atomic E-state index is 0.300. The zero-order chi connectivity index (χ0) is 15.9. The fourth-order valence-electron chi connectivity index (χ4n) is 3.11. The molecule has 1 aromatic heterocycles. The van der Waals surface area contributed by atoms with Gasteiger partial charge in [0.25, 0.3) is 0 Å². The first-order chi connectivity index (χ1) is 10.5. The predicted molar refractivity (Wildman–Crippen MR) is 96.4 cm³/mol. The summed E-state index contributed by atoms with van der Waals surface area (Å²) in [5.74, 6) is 0. The number of fused-ring (bicyclic) bond motifs is 1. The van der Waals surface area contributed by atoms with Gasteiger partial charge in [-0.3, -0.25) is 0 Å². The maximum atomic E-state index is 5.65. The van der Waals surface area contributed by atoms with Crippen molar-refractivity contribution in [2.24, 2.45) is 0 Å². The molecule has 0 saturated carbocycles. The van der Waals surface area contributed by atoms with E-state index in [9.17, 15) is 0 Å². The van der Waals surface area contributed by atoms with Crippen LogP contribution in [0.1, 0.15) is 35.5 Å². The molecule has 2 heterocycles. The summed E-state index contributed by atoms with van der Waals surface area (Å²) in [6.07, 6.45) is 0. The first-order valence-corrected chi connectivity index (χ1v) is 8.19. The summed E-state index contributed by atoms with van der Waals surface area (Å²) in [5.41, 5.74) is 6.32. The Morgan fingerprint density at radius 2 is 1.86 bits per heavy atom. The lowest BCUT2D eigenvalue weighted by molar-refractivity contribution is 0.274. The number of rotatable bonds is 1. The van der Waals surface area contributed by atoms with E-state index in [0.717, 1.165) is 23.9 Å². The van der Waals surface area contributed by atoms with Gasteiger partial charge < -0.3 is 14.8 Å². The molecule has 1 aliphatic rings. The Morgan fingerprint density at radius 3 is 2.59 bits per heavy atom. The zero-order valence-corrected chi connectivity index (χ0v) is 14.5. The molecule has 4 heteroatoms. The van der Waals surface area contributed by atoms with Crippen molar-refractivity contribution in [3.63, 3.8) is 0 Å². The summed E-state index contributed by atoms with van der Waals surface area (Å²) < 4.78 is 2.39. The van der Waals surface area contributed by atoms with E-state index in [4.69, 9.17) is 12.2 Å². The van der Waals surface area contributed by atoms with Gasteiger partial charge in [-0.05, 0) is 75.3 Å². The van der Waals surface area contributed by atoms with Gasteiger partial charge >= 0.3 is 0 Å². The van der Waals surface area contributed by atoms with Crippen LogP contribution in [0.5, 0.6) is 0 Å². The van der Waals surface area contributed by atoms with Gasteiger partial charge in [0.2, 0.25) is 0 Å². The standard InChI is InChI=1S/C18H23N3S/c1-12-5-7-16(11-13(12)2)19-18(22)21-10-9-20-14(3)6-8-17(20)15(21)4/h5-8,11,15H,9-10H2,1-4H3,(H,19,22)/t15-/m1/s1. The fourth-order valence-corrected chi connectivity index (χ4v) is 3.48. The van der Waals surface area contributed by atoms with Crippen LogP contribution in [-0.4, -0.2) is 21.1 Å². The van der Waals surface area contributed by atoms with Crippen LogP contribution in [0.3, 0.4) is 0 Å². The molecule has 0 fully saturated rings. The molecule has 3 nitrogen and oxygen atoms in total. The molecule has 22 heavy (non-hydrogen) atoms. The van der Waals surface area contributed by atoms with Gasteiger partial charge in [-0.15, -0.1) is 0 Å². The highest BCUT2D eigenvalue weighted by Gasteiger charge is 2.26. The zero-order valence-electron chi connectivity index (χ0n) is 13.7. The van der Waals surface area contributed by atoms with E-state index in [2.05, 4.69) is 72.8 Å². The van der Waals surface area contributed by atoms with Crippen LogP contribution < -0.4 is 5.32 Å². The monoisotopic (exact) mass is 313 g/mol. The second-order valence-electron chi connectivity index (χ2n) is 6.15. The van der Waals surface area contributed by atoms with E-state index in [1.54, 1.807) is 0 Å². The van der Waals surface area contributed by atoms with Crippen molar-refractivity contribution in [2.45, 2.75) is 40.3 Å². The third kappa shape index (κ3) is 2.63. The molecule has 0 radical (unpaired) electrons. The Hall–Kier alpha value is -1.81. The average Bonchev–Trinajstić information content (AvgIpc) is 2.86. The topological polar surface area (TPSA) is 20.2 Å². The minimum atomic E-state index is 0.300. The van der Waals surface area contributed by atoms with Crippen LogP contribution in [0.25, 0.3) is 0 Å². The first kappa shape index (κ1) is 15.1. The number of nitrogens with zero attached hydrogens (tertiary/aromatic N) is 2. The van der Waals surface area contributed by atoms with Crippen LogP contribution in [0, 0.1) is 20.8 Å². The van der Waals surface area contributed by atoms with Crippen LogP contribution in [0.2, 0.25) is 0 Å². The molecule has 1 aliphatic heterocycles. The lowest BCUT2D eigenvalue weighted by Gasteiger charge is -2.37. The molecule has 0 spiro atoms. The molecule has 1 aromatic carbocycles. The maximum absolute atomic E-state index is 5.65. The largest absolute Gasteiger partial charge is 0.345 e. The smallest absolute Gasteiger partial charge is 0.174 e. The van der Waals surface area contributed by atoms with Crippen LogP contribution >= 0.6 is 12.2 Å². The van der Waals surface area contributed by atoms with Gasteiger partial charge in [-0.2, -0.15) is 0 Å². The molecule has 1 atom stereocenters. The molecule has 2 aromatic rings. The van der Waals surface area contributed by atoms with Crippen molar-refractivity contribution in [3.05, 3.63) is 52.8 Å². The second-order valence-corrected chi connectivity index (χ2v) is 6.54. The summed E-state index contributed by atoms with van der Waals surface area (Å²) in [5, 5.41) is 4.20. The highest BCUT2D eigenvalue weighted by molar-refractivity contribution is 7.80. The third-order valence-corrected chi connectivity index (χ3v) is 5.05. The summed E-state index contributed by atoms with van der Waals surface area (Å²) in [4.78, 5) is 2.28. The van der Waals surface area contributed by atoms with Gasteiger partial charge in [0.05, 0.1) is 6.04 Å². The second kappa shape index (κ2) is 5.76. The number of aromatic nitrogens is 1. The quantitative estimate of drug-likeness (QED) is 0.797. The van der Waals surface area contributed by atoms with Crippen molar-refractivity contribution >= 4 is 23.0 Å². The van der Waals surface area contributed by atoms with E-state index < -0.39 is 0 Å². The molecule has 1 N–H and O–H groups in total. The Morgan fingerprint density at radius 1 is 1.09 bits per heavy atom. The number of hydrogen-bond donors (Lipinski definition) is 1. The number of benzene rings is 1. The molecule has 0 aliphatic carbocycles. The molecule has 116 valence electrons. The van der Waals surface area contributed by atoms with Gasteiger partial charge in [-0.1, -0.05) is 6.07 Å². The molecule has 3 rings (SSSR count). The number of hydrogen-bond acceptors (Lipinski definition) is 1. The average molecular weight is 313 g/mol. The predicted octanol–water partition coefficient (Wildman–Crippen LogP) is 4.19. The summed E-state index contributed by atoms with van der Waals surface area (Å²) in [6, 6.07) is 11.1. The van der Waals surface area contributed by atoms with E-state index in [0.29, 0.717) is 6.04 Å². The van der Waals surface area contributed by atoms with Gasteiger partial charge in [0.1, 0.15) is 0 Å². The van der Waals surface area contributed by atoms with Gasteiger partial charge in [0, 0.05) is 30.2 Å². The van der Waals surface area contributed by atoms with E-state index in [1.165, 1.54) is 22.5 Å². The number of thiocarbonyl (C=S) groups is 1. The highest BCUT2D eigenvalue weighted by atomic mass is 32.1. The first-order valence-electron chi connectivity index (χ1n) is 7.78. The summed E-state index contributed by atoms with van der Waals surface area (Å²) in [7, 11) is 0. The minimum Gasteiger partial charge on any atom is -0.345 e. The Balaban J connectivity index is 1.77. The van der Waals surface area contributed by atoms with Gasteiger partial charge in [-0.25, -0.2) is 0 Å². The third-order valence-electron chi connectivity index (χ3n) is 4.71. The fraction of sp³-hybridized carbons (Fsp3) is 0.389. The van der Waals surface area contributed by atoms with Crippen molar-refractivity contribution in [2.75, 3.05) is 11.9 Å². The Labute approximate surface area is 137 Å². The Kier molecular flexibility index (Phi) is 3.96. The van der Waals surface area contributed by atoms with Crippen LogP contribution in [-0.2, 0) is 6.54 Å². The van der Waals surface area contributed by atoms with E-state index in [-0.39, 0.29) is 0 Å². The van der Waals surface area contributed by atoms with Crippen molar-refractivity contribution in [3.8, 4) is 0 Å². The lowest BCUT2D eigenvalue weighted by Crippen LogP contribution is -2.43. The molecule has 0 bridgehead atoms. The van der Waals surface area contributed by atoms with Crippen LogP contribution in [0.15, 0.2) is 30.3 Å². The number of aryl methyl sites for hydroxylation is 3. The van der Waals surface area contributed by atoms with E-state index in [1.807, 2.05) is 0 Å². The molecule has 0 saturated heterocycles. The van der Waals surface area contributed by atoms with Gasteiger partial charge in [0.15, 0.2) is 5.11 Å². The number of anilines is 1. The molecular weight excluding hydrogens is 290 g/mol. The summed E-state index contributed by atoms with van der Waals surface area (Å²) >= 11 is 5.65. The normalized spacial score (nSPS) is 17.3. The molecule has 0 unspecified atom stereocenters. The Bertz CT molecular complexity index is 717. The summed E-state index contributed by atoms with van der Waals surface area (Å²) in [6.45, 7) is 10.6. The van der Waals surface area contributed by atoms with Crippen molar-refractivity contribution < 1.29 is 0 Å². The highest BCUT2D eigenvalue weighted by Crippen LogP contribution is 2.28. The molecule has 0 amide bonds. The SMILES string of the molecule is Cc1ccc(NC(=S)N2CCn3c(C)ccc3[C@H]2C)cc1C. The number of nitrogens with one attached hydrogen (secondary N) is 1. The maximum Gasteiger partial charge on any atom is 0.174 e. The van der Waals surface area contributed by atoms with Crippen molar-refractivity contribution in [1.29, 1.82) is 0 Å². The molecular formula is C18H23N3S. The van der Waals surface area contributed by atoms with E-state index >= 15 is 0 Å². The van der Waals surface area contributed by atoms with Crippen LogP contribution in [0.4, 0.5) is 5.69 Å².